The zero-order valence-electron chi connectivity index (χ0n) is 27.4. The molecule has 2 heterocycles. The van der Waals surface area contributed by atoms with E-state index in [1.54, 1.807) is 23.8 Å². The first kappa shape index (κ1) is 27.9. The molecule has 4 heteroatoms. The third-order valence-electron chi connectivity index (χ3n) is 12.2. The lowest BCUT2D eigenvalue weighted by molar-refractivity contribution is 0.252. The topological polar surface area (TPSA) is 8.17 Å². The molecular formula is C43H40F2N2. The molecule has 10 rings (SSSR count). The van der Waals surface area contributed by atoms with Crippen LogP contribution in [0.3, 0.4) is 0 Å². The standard InChI is InChI=1S/C43H40F2N2/c1-41(2,3)25-42-19-18-38-39(35(42)24-42)32-12-4-5-13-36(32)46(38)30-10-6-8-26(20-30)27-9-7-11-31(21-27)47-37-17-15-28(44)22-34(37)43-23-29(45)14-16-33(43)40(43)47/h4-5,7,9-17,20-23,33,35,40H,6,8,18-19,24-25H2,1-3H3. The number of hydrogen-bond acceptors (Lipinski definition) is 1. The molecule has 1 aromatic heterocycles. The van der Waals surface area contributed by atoms with Gasteiger partial charge in [0.05, 0.1) is 11.6 Å². The van der Waals surface area contributed by atoms with Crippen LogP contribution in [0.1, 0.15) is 81.2 Å². The Morgan fingerprint density at radius 1 is 0.957 bits per heavy atom. The highest BCUT2D eigenvalue weighted by Gasteiger charge is 2.71. The third kappa shape index (κ3) is 3.87. The fourth-order valence-corrected chi connectivity index (χ4v) is 10.6. The van der Waals surface area contributed by atoms with Crippen molar-refractivity contribution in [2.75, 3.05) is 4.90 Å². The van der Waals surface area contributed by atoms with Gasteiger partial charge >= 0.3 is 0 Å². The molecule has 0 amide bonds. The second-order valence-corrected chi connectivity index (χ2v) is 16.3. The SMILES string of the molecule is CC(C)(C)CC12CCc3c(c4ccccc4n3C3=CCCC(c4cccc(N5c6ccc(F)cc6C67C=C(F)C=CC6C57)c4)=C3)C1C2. The van der Waals surface area contributed by atoms with E-state index >= 15 is 0 Å². The molecule has 47 heavy (non-hydrogen) atoms. The van der Waals surface area contributed by atoms with E-state index in [9.17, 15) is 8.78 Å². The first-order chi connectivity index (χ1) is 22.7. The molecule has 2 nitrogen and oxygen atoms in total. The van der Waals surface area contributed by atoms with Gasteiger partial charge in [-0.05, 0) is 132 Å². The van der Waals surface area contributed by atoms with Crippen molar-refractivity contribution in [1.29, 1.82) is 0 Å². The molecule has 5 atom stereocenters. The first-order valence-corrected chi connectivity index (χ1v) is 17.5. The van der Waals surface area contributed by atoms with Gasteiger partial charge in [-0.2, -0.15) is 0 Å². The Kier molecular flexibility index (Phi) is 5.49. The number of benzene rings is 3. The summed E-state index contributed by atoms with van der Waals surface area (Å²) in [7, 11) is 0. The molecule has 2 saturated carbocycles. The summed E-state index contributed by atoms with van der Waals surface area (Å²) >= 11 is 0. The highest BCUT2D eigenvalue weighted by molar-refractivity contribution is 5.93. The molecule has 6 aliphatic rings. The molecule has 0 radical (unpaired) electrons. The highest BCUT2D eigenvalue weighted by atomic mass is 19.1. The molecule has 3 aromatic carbocycles. The quantitative estimate of drug-likeness (QED) is 0.220. The predicted molar refractivity (Wildman–Crippen MR) is 188 cm³/mol. The van der Waals surface area contributed by atoms with Crippen molar-refractivity contribution in [2.24, 2.45) is 16.7 Å². The minimum atomic E-state index is -0.493. The Hall–Kier alpha value is -4.18. The van der Waals surface area contributed by atoms with E-state index in [1.807, 2.05) is 12.1 Å². The summed E-state index contributed by atoms with van der Waals surface area (Å²) in [6.07, 6.45) is 17.1. The average molecular weight is 623 g/mol. The first-order valence-electron chi connectivity index (χ1n) is 17.5. The Balaban J connectivity index is 1.03. The van der Waals surface area contributed by atoms with Crippen LogP contribution in [0.25, 0.3) is 22.2 Å². The Bertz CT molecular complexity index is 2150. The van der Waals surface area contributed by atoms with Crippen LogP contribution >= 0.6 is 0 Å². The minimum Gasteiger partial charge on any atom is -0.336 e. The van der Waals surface area contributed by atoms with Crippen LogP contribution in [0.15, 0.2) is 103 Å². The predicted octanol–water partition coefficient (Wildman–Crippen LogP) is 11.2. The number of allylic oxidation sites excluding steroid dienone is 6. The van der Waals surface area contributed by atoms with E-state index in [1.165, 1.54) is 58.8 Å². The van der Waals surface area contributed by atoms with Crippen molar-refractivity contribution in [2.45, 2.75) is 76.7 Å². The molecule has 0 N–H and O–H groups in total. The number of halogens is 2. The summed E-state index contributed by atoms with van der Waals surface area (Å²) in [5.74, 6) is 0.313. The van der Waals surface area contributed by atoms with Crippen molar-refractivity contribution in [3.63, 3.8) is 0 Å². The maximum absolute atomic E-state index is 14.6. The van der Waals surface area contributed by atoms with E-state index in [-0.39, 0.29) is 23.6 Å². The van der Waals surface area contributed by atoms with Crippen LogP contribution in [-0.2, 0) is 11.8 Å². The van der Waals surface area contributed by atoms with Gasteiger partial charge in [0, 0.05) is 39.5 Å². The summed E-state index contributed by atoms with van der Waals surface area (Å²) < 4.78 is 31.8. The van der Waals surface area contributed by atoms with E-state index in [0.717, 1.165) is 36.2 Å². The third-order valence-corrected chi connectivity index (χ3v) is 12.2. The molecule has 236 valence electrons. The van der Waals surface area contributed by atoms with Gasteiger partial charge in [0.15, 0.2) is 0 Å². The normalized spacial score (nSPS) is 29.7. The number of aromatic nitrogens is 1. The molecule has 0 saturated heterocycles. The van der Waals surface area contributed by atoms with E-state index < -0.39 is 5.41 Å². The summed E-state index contributed by atoms with van der Waals surface area (Å²) in [5.41, 5.74) is 11.6. The maximum atomic E-state index is 14.6. The average Bonchev–Trinajstić information content (AvgIpc) is 3.86. The van der Waals surface area contributed by atoms with Crippen LogP contribution < -0.4 is 4.90 Å². The van der Waals surface area contributed by atoms with Crippen LogP contribution in [-0.4, -0.2) is 10.6 Å². The van der Waals surface area contributed by atoms with Gasteiger partial charge in [-0.15, -0.1) is 0 Å². The molecular weight excluding hydrogens is 582 g/mol. The Morgan fingerprint density at radius 3 is 2.70 bits per heavy atom. The Labute approximate surface area is 275 Å². The lowest BCUT2D eigenvalue weighted by atomic mass is 9.75. The minimum absolute atomic E-state index is 0.0560. The second-order valence-electron chi connectivity index (χ2n) is 16.3. The summed E-state index contributed by atoms with van der Waals surface area (Å²) in [6.45, 7) is 7.20. The molecule has 1 aliphatic heterocycles. The van der Waals surface area contributed by atoms with Crippen LogP contribution in [0, 0.1) is 22.6 Å². The van der Waals surface area contributed by atoms with Gasteiger partial charge in [-0.1, -0.05) is 63.3 Å². The van der Waals surface area contributed by atoms with Crippen LogP contribution in [0.4, 0.5) is 20.2 Å². The molecule has 5 unspecified atom stereocenters. The number of rotatable bonds is 4. The summed E-state index contributed by atoms with van der Waals surface area (Å²) in [4.78, 5) is 2.33. The van der Waals surface area contributed by atoms with Gasteiger partial charge < -0.3 is 9.47 Å². The second kappa shape index (κ2) is 9.24. The van der Waals surface area contributed by atoms with Gasteiger partial charge in [0.2, 0.25) is 0 Å². The number of nitrogens with zero attached hydrogens (tertiary/aromatic N) is 2. The van der Waals surface area contributed by atoms with Gasteiger partial charge in [0.25, 0.3) is 0 Å². The van der Waals surface area contributed by atoms with Crippen molar-refractivity contribution in [1.82, 2.24) is 4.57 Å². The van der Waals surface area contributed by atoms with E-state index in [4.69, 9.17) is 0 Å². The van der Waals surface area contributed by atoms with Crippen molar-refractivity contribution >= 4 is 33.5 Å². The monoisotopic (exact) mass is 622 g/mol. The van der Waals surface area contributed by atoms with Crippen LogP contribution in [0.2, 0.25) is 0 Å². The number of para-hydroxylation sites is 1. The van der Waals surface area contributed by atoms with Crippen LogP contribution in [0.5, 0.6) is 0 Å². The largest absolute Gasteiger partial charge is 0.336 e. The van der Waals surface area contributed by atoms with Gasteiger partial charge in [0.1, 0.15) is 11.6 Å². The fraction of sp³-hybridized carbons (Fsp3) is 0.349. The number of hydrogen-bond donors (Lipinski definition) is 0. The lowest BCUT2D eigenvalue weighted by Gasteiger charge is -2.30. The van der Waals surface area contributed by atoms with Crippen molar-refractivity contribution in [3.05, 3.63) is 131 Å². The molecule has 0 bridgehead atoms. The van der Waals surface area contributed by atoms with E-state index in [0.29, 0.717) is 16.7 Å². The van der Waals surface area contributed by atoms with E-state index in [2.05, 4.69) is 90.9 Å². The highest BCUT2D eigenvalue weighted by Crippen LogP contribution is 2.71. The zero-order chi connectivity index (χ0) is 31.9. The molecule has 4 aromatic rings. The summed E-state index contributed by atoms with van der Waals surface area (Å²) in [5, 5.41) is 1.44. The Morgan fingerprint density at radius 2 is 1.83 bits per heavy atom. The molecule has 2 fully saturated rings. The summed E-state index contributed by atoms with van der Waals surface area (Å²) in [6, 6.07) is 23.0. The maximum Gasteiger partial charge on any atom is 0.123 e. The fourth-order valence-electron chi connectivity index (χ4n) is 10.6. The van der Waals surface area contributed by atoms with Crippen molar-refractivity contribution < 1.29 is 8.78 Å². The van der Waals surface area contributed by atoms with Gasteiger partial charge in [-0.3, -0.25) is 0 Å². The number of anilines is 2. The number of fused-ring (bicyclic) bond motifs is 7. The molecule has 1 spiro atoms. The van der Waals surface area contributed by atoms with Gasteiger partial charge in [-0.25, -0.2) is 8.78 Å². The van der Waals surface area contributed by atoms with Crippen molar-refractivity contribution in [3.8, 4) is 0 Å². The lowest BCUT2D eigenvalue weighted by Crippen LogP contribution is -2.20. The zero-order valence-corrected chi connectivity index (χ0v) is 27.4. The smallest absolute Gasteiger partial charge is 0.123 e. The molecule has 5 aliphatic carbocycles.